The Morgan fingerprint density at radius 3 is 2.78 bits per heavy atom. The number of nitrogens with zero attached hydrogens (tertiary/aromatic N) is 3. The molecule has 1 fully saturated rings. The number of hydrogen-bond acceptors (Lipinski definition) is 4. The predicted molar refractivity (Wildman–Crippen MR) is 97.9 cm³/mol. The average molecular weight is 353 g/mol. The van der Waals surface area contributed by atoms with Gasteiger partial charge in [-0.1, -0.05) is 19.6 Å². The summed E-state index contributed by atoms with van der Waals surface area (Å²) in [5.74, 6) is 0.838. The van der Waals surface area contributed by atoms with Gasteiger partial charge in [0.25, 0.3) is 0 Å². The molecular weight excluding hydrogens is 328 g/mol. The lowest BCUT2D eigenvalue weighted by Gasteiger charge is -2.27. The zero-order valence-corrected chi connectivity index (χ0v) is 15.9. The summed E-state index contributed by atoms with van der Waals surface area (Å²) in [6.45, 7) is 8.36. The third-order valence-corrected chi connectivity index (χ3v) is 6.14. The van der Waals surface area contributed by atoms with Gasteiger partial charge < -0.3 is 14.6 Å². The van der Waals surface area contributed by atoms with Gasteiger partial charge in [-0.3, -0.25) is 0 Å². The minimum Gasteiger partial charge on any atom is -0.367 e. The Kier molecular flexibility index (Phi) is 4.94. The van der Waals surface area contributed by atoms with E-state index in [0.29, 0.717) is 12.8 Å². The summed E-state index contributed by atoms with van der Waals surface area (Å²) in [4.78, 5) is 8.74. The summed E-state index contributed by atoms with van der Waals surface area (Å²) < 4.78 is 7.83. The first-order chi connectivity index (χ1) is 10.9. The fraction of sp³-hybridized carbons (Fsp3) is 0.625. The van der Waals surface area contributed by atoms with Crippen LogP contribution in [0.5, 0.6) is 0 Å². The second kappa shape index (κ2) is 6.79. The average Bonchev–Trinajstić information content (AvgIpc) is 2.81. The zero-order valence-electron chi connectivity index (χ0n) is 14.1. The van der Waals surface area contributed by atoms with Crippen LogP contribution in [0, 0.1) is 0 Å². The van der Waals surface area contributed by atoms with Crippen molar-refractivity contribution in [2.75, 3.05) is 11.9 Å². The maximum Gasteiger partial charge on any atom is 0.226 e. The van der Waals surface area contributed by atoms with Gasteiger partial charge in [-0.2, -0.15) is 4.98 Å². The van der Waals surface area contributed by atoms with Crippen LogP contribution in [0.15, 0.2) is 12.3 Å². The van der Waals surface area contributed by atoms with E-state index in [-0.39, 0.29) is 5.28 Å². The molecule has 1 aliphatic carbocycles. The quantitative estimate of drug-likeness (QED) is 0.457. The van der Waals surface area contributed by atoms with Gasteiger partial charge in [-0.15, -0.1) is 0 Å². The molecule has 0 radical (unpaired) electrons. The topological polar surface area (TPSA) is 52.0 Å². The zero-order chi connectivity index (χ0) is 16.4. The van der Waals surface area contributed by atoms with Crippen LogP contribution in [-0.2, 0) is 11.5 Å². The molecule has 2 aromatic rings. The van der Waals surface area contributed by atoms with Gasteiger partial charge in [0.2, 0.25) is 5.28 Å². The molecule has 126 valence electrons. The van der Waals surface area contributed by atoms with Gasteiger partial charge >= 0.3 is 0 Å². The Morgan fingerprint density at radius 2 is 2.13 bits per heavy atom. The van der Waals surface area contributed by atoms with Crippen molar-refractivity contribution in [1.82, 2.24) is 14.5 Å². The van der Waals surface area contributed by atoms with E-state index >= 15 is 0 Å². The van der Waals surface area contributed by atoms with Crippen molar-refractivity contribution < 1.29 is 4.74 Å². The maximum atomic E-state index is 6.11. The van der Waals surface area contributed by atoms with Crippen LogP contribution >= 0.6 is 11.6 Å². The molecule has 1 aliphatic rings. The lowest BCUT2D eigenvalue weighted by molar-refractivity contribution is 0.0899. The number of nitrogens with one attached hydrogen (secondary N) is 1. The van der Waals surface area contributed by atoms with Crippen LogP contribution in [0.3, 0.4) is 0 Å². The van der Waals surface area contributed by atoms with E-state index in [1.165, 1.54) is 19.3 Å². The molecule has 1 saturated carbocycles. The summed E-state index contributed by atoms with van der Waals surface area (Å²) in [6.07, 6.45) is 5.68. The van der Waals surface area contributed by atoms with Gasteiger partial charge in [0.1, 0.15) is 18.2 Å². The lowest BCUT2D eigenvalue weighted by atomic mass is 9.93. The number of aromatic nitrogens is 3. The Bertz CT molecular complexity index is 679. The predicted octanol–water partition coefficient (Wildman–Crippen LogP) is 4.36. The normalized spacial score (nSPS) is 15.8. The van der Waals surface area contributed by atoms with Crippen molar-refractivity contribution >= 4 is 36.5 Å². The number of anilines is 1. The van der Waals surface area contributed by atoms with Gasteiger partial charge in [0.15, 0.2) is 0 Å². The minimum absolute atomic E-state index is 0.279. The molecule has 2 heterocycles. The molecule has 0 aliphatic heterocycles. The lowest BCUT2D eigenvalue weighted by Crippen LogP contribution is -2.27. The van der Waals surface area contributed by atoms with Crippen LogP contribution in [-0.4, -0.2) is 35.3 Å². The Morgan fingerprint density at radius 1 is 1.35 bits per heavy atom. The highest BCUT2D eigenvalue weighted by molar-refractivity contribution is 6.76. The van der Waals surface area contributed by atoms with E-state index in [0.717, 1.165) is 29.5 Å². The van der Waals surface area contributed by atoms with E-state index in [9.17, 15) is 0 Å². The summed E-state index contributed by atoms with van der Waals surface area (Å²) in [6, 6.07) is 3.71. The second-order valence-corrected chi connectivity index (χ2v) is 13.4. The van der Waals surface area contributed by atoms with Crippen molar-refractivity contribution in [3.8, 4) is 0 Å². The SMILES string of the molecule is C[Si](C)(C)CCOCn1ccc2c(NC3CCC3)nc(Cl)nc21. The van der Waals surface area contributed by atoms with Crippen molar-refractivity contribution in [1.29, 1.82) is 0 Å². The first kappa shape index (κ1) is 16.7. The van der Waals surface area contributed by atoms with Crippen molar-refractivity contribution in [2.24, 2.45) is 0 Å². The Labute approximate surface area is 143 Å². The van der Waals surface area contributed by atoms with E-state index in [2.05, 4.69) is 34.9 Å². The molecule has 0 aromatic carbocycles. The summed E-state index contributed by atoms with van der Waals surface area (Å²) >= 11 is 6.11. The molecule has 0 amide bonds. The molecule has 0 bridgehead atoms. The number of hydrogen-bond donors (Lipinski definition) is 1. The number of halogens is 1. The van der Waals surface area contributed by atoms with Crippen molar-refractivity contribution in [3.63, 3.8) is 0 Å². The smallest absolute Gasteiger partial charge is 0.226 e. The van der Waals surface area contributed by atoms with Gasteiger partial charge in [-0.05, 0) is 43.0 Å². The fourth-order valence-electron chi connectivity index (χ4n) is 2.54. The third kappa shape index (κ3) is 4.25. The molecule has 5 nitrogen and oxygen atoms in total. The molecule has 23 heavy (non-hydrogen) atoms. The van der Waals surface area contributed by atoms with Crippen LogP contribution in [0.1, 0.15) is 19.3 Å². The highest BCUT2D eigenvalue weighted by Crippen LogP contribution is 2.28. The highest BCUT2D eigenvalue weighted by Gasteiger charge is 2.20. The first-order valence-electron chi connectivity index (χ1n) is 8.29. The van der Waals surface area contributed by atoms with Crippen LogP contribution < -0.4 is 5.32 Å². The Hall–Kier alpha value is -1.11. The van der Waals surface area contributed by atoms with E-state index in [1.54, 1.807) is 0 Å². The molecule has 0 unspecified atom stereocenters. The summed E-state index contributed by atoms with van der Waals surface area (Å²) in [7, 11) is -1.06. The van der Waals surface area contributed by atoms with Crippen molar-refractivity contribution in [3.05, 3.63) is 17.5 Å². The van der Waals surface area contributed by atoms with E-state index in [1.807, 2.05) is 16.8 Å². The largest absolute Gasteiger partial charge is 0.367 e. The van der Waals surface area contributed by atoms with Gasteiger partial charge in [-0.25, -0.2) is 4.98 Å². The Balaban J connectivity index is 1.71. The molecule has 0 spiro atoms. The van der Waals surface area contributed by atoms with Crippen LogP contribution in [0.4, 0.5) is 5.82 Å². The highest BCUT2D eigenvalue weighted by atomic mass is 35.5. The maximum absolute atomic E-state index is 6.11. The van der Waals surface area contributed by atoms with E-state index in [4.69, 9.17) is 16.3 Å². The number of fused-ring (bicyclic) bond motifs is 1. The molecule has 7 heteroatoms. The standard InChI is InChI=1S/C16H25ClN4OSi/c1-23(2,3)10-9-22-11-21-8-7-13-14(18-12-5-4-6-12)19-16(17)20-15(13)21/h7-8,12H,4-6,9-11H2,1-3H3,(H,18,19,20). The van der Waals surface area contributed by atoms with Gasteiger partial charge in [0, 0.05) is 26.9 Å². The fourth-order valence-corrected chi connectivity index (χ4v) is 3.46. The van der Waals surface area contributed by atoms with E-state index < -0.39 is 8.07 Å². The molecule has 2 aromatic heterocycles. The summed E-state index contributed by atoms with van der Waals surface area (Å²) in [5.41, 5.74) is 0.833. The van der Waals surface area contributed by atoms with Gasteiger partial charge in [0.05, 0.1) is 5.39 Å². The number of ether oxygens (including phenoxy) is 1. The minimum atomic E-state index is -1.06. The molecule has 1 N–H and O–H groups in total. The van der Waals surface area contributed by atoms with Crippen molar-refractivity contribution in [2.45, 2.75) is 57.7 Å². The third-order valence-electron chi connectivity index (χ3n) is 4.26. The second-order valence-electron chi connectivity index (χ2n) is 7.48. The van der Waals surface area contributed by atoms with Crippen LogP contribution in [0.2, 0.25) is 31.0 Å². The molecular formula is C16H25ClN4OSi. The molecule has 3 rings (SSSR count). The molecule has 0 atom stereocenters. The molecule has 0 saturated heterocycles. The summed E-state index contributed by atoms with van der Waals surface area (Å²) in [5, 5.41) is 4.77. The monoisotopic (exact) mass is 352 g/mol. The number of rotatable bonds is 7. The van der Waals surface area contributed by atoms with Crippen LogP contribution in [0.25, 0.3) is 11.0 Å². The first-order valence-corrected chi connectivity index (χ1v) is 12.4.